The second-order valence-corrected chi connectivity index (χ2v) is 7.69. The summed E-state index contributed by atoms with van der Waals surface area (Å²) in [4.78, 5) is 4.52. The van der Waals surface area contributed by atoms with Gasteiger partial charge in [-0.1, -0.05) is 18.0 Å². The van der Waals surface area contributed by atoms with Crippen molar-refractivity contribution in [1.82, 2.24) is 15.5 Å². The maximum absolute atomic E-state index is 5.36. The smallest absolute Gasteiger partial charge is 0.228 e. The minimum absolute atomic E-state index is 0.495. The zero-order valence-corrected chi connectivity index (χ0v) is 12.8. The Labute approximate surface area is 122 Å². The lowest BCUT2D eigenvalue weighted by molar-refractivity contribution is 0.359. The topological polar surface area (TPSA) is 51.0 Å². The van der Waals surface area contributed by atoms with Crippen LogP contribution in [0.25, 0.3) is 0 Å². The van der Waals surface area contributed by atoms with Crippen molar-refractivity contribution in [2.75, 3.05) is 18.1 Å². The first-order valence-corrected chi connectivity index (χ1v) is 9.35. The lowest BCUT2D eigenvalue weighted by atomic mass is 10.2. The van der Waals surface area contributed by atoms with E-state index in [1.54, 1.807) is 0 Å². The molecule has 6 heteroatoms. The molecule has 1 aromatic rings. The number of hydrogen-bond donors (Lipinski definition) is 1. The van der Waals surface area contributed by atoms with E-state index in [4.69, 9.17) is 4.52 Å². The normalized spacial score (nSPS) is 24.9. The van der Waals surface area contributed by atoms with Crippen molar-refractivity contribution in [2.45, 2.75) is 49.1 Å². The van der Waals surface area contributed by atoms with Crippen LogP contribution in [0.4, 0.5) is 0 Å². The van der Waals surface area contributed by atoms with Crippen LogP contribution in [0.15, 0.2) is 4.52 Å². The quantitative estimate of drug-likeness (QED) is 0.901. The molecule has 0 aromatic carbocycles. The third kappa shape index (κ3) is 4.13. The first-order valence-electron chi connectivity index (χ1n) is 7.14. The Morgan fingerprint density at radius 2 is 2.26 bits per heavy atom. The van der Waals surface area contributed by atoms with Gasteiger partial charge in [0.25, 0.3) is 0 Å². The summed E-state index contributed by atoms with van der Waals surface area (Å²) >= 11 is 3.99. The molecule has 2 aliphatic rings. The Kier molecular flexibility index (Phi) is 5.07. The molecule has 1 saturated carbocycles. The van der Waals surface area contributed by atoms with Gasteiger partial charge in [-0.3, -0.25) is 0 Å². The van der Waals surface area contributed by atoms with E-state index in [1.807, 2.05) is 23.5 Å². The van der Waals surface area contributed by atoms with Gasteiger partial charge in [-0.05, 0) is 12.8 Å². The van der Waals surface area contributed by atoms with Crippen LogP contribution in [0.3, 0.4) is 0 Å². The summed E-state index contributed by atoms with van der Waals surface area (Å²) in [7, 11) is 0. The third-order valence-corrected chi connectivity index (χ3v) is 6.18. The van der Waals surface area contributed by atoms with E-state index in [-0.39, 0.29) is 0 Å². The highest BCUT2D eigenvalue weighted by Crippen LogP contribution is 2.31. The van der Waals surface area contributed by atoms with Crippen molar-refractivity contribution in [1.29, 1.82) is 0 Å². The van der Waals surface area contributed by atoms with Crippen LogP contribution in [0.2, 0.25) is 0 Å². The first-order chi connectivity index (χ1) is 9.40. The summed E-state index contributed by atoms with van der Waals surface area (Å²) in [6.07, 6.45) is 6.37. The Balaban J connectivity index is 1.45. The van der Waals surface area contributed by atoms with Crippen LogP contribution in [0.5, 0.6) is 0 Å². The molecule has 0 amide bonds. The molecular formula is C13H21N3OS2. The fourth-order valence-corrected chi connectivity index (χ4v) is 4.76. The molecule has 1 N–H and O–H groups in total. The number of nitrogens with one attached hydrogen (secondary N) is 1. The lowest BCUT2D eigenvalue weighted by Gasteiger charge is -2.21. The van der Waals surface area contributed by atoms with Crippen LogP contribution < -0.4 is 5.32 Å². The maximum Gasteiger partial charge on any atom is 0.228 e. The van der Waals surface area contributed by atoms with Crippen LogP contribution in [-0.4, -0.2) is 39.5 Å². The maximum atomic E-state index is 5.36. The standard InChI is InChI=1S/C13H21N3OS2/c1-2-4-11(3-1)19-9-12-15-13(17-16-12)7-10-8-18-6-5-14-10/h10-11,14H,1-9H2. The predicted octanol–water partition coefficient (Wildman–Crippen LogP) is 2.49. The van der Waals surface area contributed by atoms with Gasteiger partial charge in [-0.25, -0.2) is 0 Å². The van der Waals surface area contributed by atoms with Gasteiger partial charge < -0.3 is 9.84 Å². The molecule has 2 heterocycles. The Morgan fingerprint density at radius 1 is 1.37 bits per heavy atom. The molecule has 3 rings (SSSR count). The van der Waals surface area contributed by atoms with E-state index in [0.717, 1.165) is 41.4 Å². The van der Waals surface area contributed by atoms with Gasteiger partial charge in [-0.15, -0.1) is 0 Å². The minimum Gasteiger partial charge on any atom is -0.339 e. The van der Waals surface area contributed by atoms with E-state index in [0.29, 0.717) is 6.04 Å². The molecule has 1 aliphatic heterocycles. The summed E-state index contributed by atoms with van der Waals surface area (Å²) in [5.41, 5.74) is 0. The molecule has 19 heavy (non-hydrogen) atoms. The van der Waals surface area contributed by atoms with Gasteiger partial charge in [0.15, 0.2) is 5.82 Å². The summed E-state index contributed by atoms with van der Waals surface area (Å²) in [6, 6.07) is 0.495. The van der Waals surface area contributed by atoms with E-state index in [2.05, 4.69) is 15.5 Å². The van der Waals surface area contributed by atoms with Crippen LogP contribution in [0, 0.1) is 0 Å². The van der Waals surface area contributed by atoms with E-state index >= 15 is 0 Å². The highest BCUT2D eigenvalue weighted by atomic mass is 32.2. The van der Waals surface area contributed by atoms with Gasteiger partial charge in [0.2, 0.25) is 5.89 Å². The van der Waals surface area contributed by atoms with Crippen molar-refractivity contribution < 1.29 is 4.52 Å². The average molecular weight is 299 g/mol. The van der Waals surface area contributed by atoms with Gasteiger partial charge in [0, 0.05) is 35.8 Å². The van der Waals surface area contributed by atoms with E-state index in [1.165, 1.54) is 31.4 Å². The SMILES string of the molecule is C1CCC(SCc2noc(CC3CSCCN3)n2)C1. The summed E-state index contributed by atoms with van der Waals surface area (Å²) < 4.78 is 5.36. The first kappa shape index (κ1) is 13.8. The second kappa shape index (κ2) is 6.99. The summed E-state index contributed by atoms with van der Waals surface area (Å²) in [5.74, 6) is 4.93. The monoisotopic (exact) mass is 299 g/mol. The molecule has 1 unspecified atom stereocenters. The highest BCUT2D eigenvalue weighted by molar-refractivity contribution is 7.99. The van der Waals surface area contributed by atoms with Crippen LogP contribution in [-0.2, 0) is 12.2 Å². The van der Waals surface area contributed by atoms with Crippen molar-refractivity contribution in [3.63, 3.8) is 0 Å². The van der Waals surface area contributed by atoms with Crippen LogP contribution in [0.1, 0.15) is 37.4 Å². The minimum atomic E-state index is 0.495. The van der Waals surface area contributed by atoms with Gasteiger partial charge >= 0.3 is 0 Å². The zero-order valence-electron chi connectivity index (χ0n) is 11.1. The highest BCUT2D eigenvalue weighted by Gasteiger charge is 2.19. The number of aromatic nitrogens is 2. The van der Waals surface area contributed by atoms with E-state index < -0.39 is 0 Å². The van der Waals surface area contributed by atoms with Gasteiger partial charge in [-0.2, -0.15) is 28.5 Å². The molecule has 1 saturated heterocycles. The summed E-state index contributed by atoms with van der Waals surface area (Å²) in [6.45, 7) is 1.09. The molecule has 1 aromatic heterocycles. The molecule has 2 fully saturated rings. The largest absolute Gasteiger partial charge is 0.339 e. The average Bonchev–Trinajstić information content (AvgIpc) is 3.09. The molecular weight excluding hydrogens is 278 g/mol. The van der Waals surface area contributed by atoms with Gasteiger partial charge in [0.1, 0.15) is 0 Å². The molecule has 0 radical (unpaired) electrons. The molecule has 1 atom stereocenters. The van der Waals surface area contributed by atoms with Crippen molar-refractivity contribution in [3.05, 3.63) is 11.7 Å². The lowest BCUT2D eigenvalue weighted by Crippen LogP contribution is -2.38. The third-order valence-electron chi connectivity index (χ3n) is 3.68. The zero-order chi connectivity index (χ0) is 12.9. The molecule has 4 nitrogen and oxygen atoms in total. The van der Waals surface area contributed by atoms with E-state index in [9.17, 15) is 0 Å². The predicted molar refractivity (Wildman–Crippen MR) is 80.7 cm³/mol. The molecule has 106 valence electrons. The fourth-order valence-electron chi connectivity index (χ4n) is 2.64. The van der Waals surface area contributed by atoms with Crippen molar-refractivity contribution in [2.24, 2.45) is 0 Å². The van der Waals surface area contributed by atoms with Gasteiger partial charge in [0.05, 0.1) is 5.75 Å². The van der Waals surface area contributed by atoms with Crippen LogP contribution >= 0.6 is 23.5 Å². The summed E-state index contributed by atoms with van der Waals surface area (Å²) in [5, 5.41) is 8.42. The number of rotatable bonds is 5. The van der Waals surface area contributed by atoms with Crippen molar-refractivity contribution in [3.8, 4) is 0 Å². The molecule has 0 bridgehead atoms. The molecule has 1 aliphatic carbocycles. The number of nitrogens with zero attached hydrogens (tertiary/aromatic N) is 2. The Morgan fingerprint density at radius 3 is 3.05 bits per heavy atom. The molecule has 0 spiro atoms. The Bertz CT molecular complexity index is 387. The van der Waals surface area contributed by atoms with Crippen molar-refractivity contribution >= 4 is 23.5 Å². The second-order valence-electron chi connectivity index (χ2n) is 5.25. The fraction of sp³-hybridized carbons (Fsp3) is 0.846. The number of thioether (sulfide) groups is 2. The Hall–Kier alpha value is -0.200. The number of hydrogen-bond acceptors (Lipinski definition) is 6.